The molecule has 2 bridgehead atoms. The summed E-state index contributed by atoms with van der Waals surface area (Å²) in [6.45, 7) is 6.20. The molecular formula is C32H38FN7O4. The maximum atomic E-state index is 14.5. The van der Waals surface area contributed by atoms with E-state index in [-0.39, 0.29) is 35.5 Å². The molecule has 1 aliphatic heterocycles. The van der Waals surface area contributed by atoms with E-state index in [0.717, 1.165) is 50.0 Å². The number of likely N-dealkylation sites (N-methyl/N-ethyl adjacent to an activating group) is 1. The number of halogens is 1. The van der Waals surface area contributed by atoms with Crippen LogP contribution in [0.4, 0.5) is 27.5 Å². The van der Waals surface area contributed by atoms with Crippen LogP contribution in [0.2, 0.25) is 0 Å². The molecule has 1 amide bonds. The van der Waals surface area contributed by atoms with Crippen LogP contribution in [-0.4, -0.2) is 76.2 Å². The Hall–Kier alpha value is -4.55. The molecule has 44 heavy (non-hydrogen) atoms. The molecule has 12 heteroatoms. The average Bonchev–Trinajstić information content (AvgIpc) is 3.62. The van der Waals surface area contributed by atoms with E-state index in [4.69, 9.17) is 15.9 Å². The van der Waals surface area contributed by atoms with E-state index < -0.39 is 17.9 Å². The normalized spacial score (nSPS) is 23.0. The molecule has 2 fully saturated rings. The van der Waals surface area contributed by atoms with Crippen molar-refractivity contribution in [3.63, 3.8) is 0 Å². The van der Waals surface area contributed by atoms with E-state index in [2.05, 4.69) is 62.6 Å². The molecule has 1 aromatic heterocycles. The predicted molar refractivity (Wildman–Crippen MR) is 166 cm³/mol. The Kier molecular flexibility index (Phi) is 9.40. The lowest BCUT2D eigenvalue weighted by atomic mass is 9.88. The number of carboxylic acids is 1. The van der Waals surface area contributed by atoms with Crippen molar-refractivity contribution < 1.29 is 24.2 Å². The van der Waals surface area contributed by atoms with Gasteiger partial charge >= 0.3 is 5.97 Å². The van der Waals surface area contributed by atoms with Crippen molar-refractivity contribution in [2.75, 3.05) is 48.8 Å². The predicted octanol–water partition coefficient (Wildman–Crippen LogP) is 3.31. The Morgan fingerprint density at radius 3 is 2.43 bits per heavy atom. The fraction of sp³-hybridized carbons (Fsp3) is 0.375. The van der Waals surface area contributed by atoms with Crippen molar-refractivity contribution >= 4 is 35.0 Å². The molecule has 5 atom stereocenters. The van der Waals surface area contributed by atoms with Crippen LogP contribution in [0.5, 0.6) is 0 Å². The zero-order valence-corrected chi connectivity index (χ0v) is 24.7. The Labute approximate surface area is 255 Å². The number of anilines is 4. The van der Waals surface area contributed by atoms with Crippen molar-refractivity contribution in [2.45, 2.75) is 25.5 Å². The van der Waals surface area contributed by atoms with Gasteiger partial charge in [0, 0.05) is 43.6 Å². The minimum absolute atomic E-state index is 0.0791. The Balaban J connectivity index is 0.000000296. The highest BCUT2D eigenvalue weighted by Gasteiger charge is 2.47. The summed E-state index contributed by atoms with van der Waals surface area (Å²) < 4.78 is 14.5. The number of rotatable bonds is 8. The lowest BCUT2D eigenvalue weighted by molar-refractivity contribution is -0.147. The van der Waals surface area contributed by atoms with Gasteiger partial charge in [0.25, 0.3) is 0 Å². The maximum absolute atomic E-state index is 14.5. The summed E-state index contributed by atoms with van der Waals surface area (Å²) >= 11 is 0. The number of carboxylic acid groups (broad SMARTS) is 1. The van der Waals surface area contributed by atoms with E-state index in [9.17, 15) is 14.0 Å². The van der Waals surface area contributed by atoms with Crippen molar-refractivity contribution in [1.29, 1.82) is 0 Å². The van der Waals surface area contributed by atoms with E-state index in [0.29, 0.717) is 11.5 Å². The number of aliphatic hydroxyl groups excluding tert-OH is 1. The van der Waals surface area contributed by atoms with Crippen LogP contribution in [0.1, 0.15) is 23.7 Å². The number of carbonyl (C=O) groups is 2. The summed E-state index contributed by atoms with van der Waals surface area (Å²) in [4.78, 5) is 35.4. The number of aliphatic carboxylic acids is 1. The second-order valence-corrected chi connectivity index (χ2v) is 11.5. The first kappa shape index (κ1) is 30.9. The minimum atomic E-state index is -1.41. The average molecular weight is 604 g/mol. The lowest BCUT2D eigenvalue weighted by Crippen LogP contribution is -2.44. The van der Waals surface area contributed by atoms with E-state index in [1.165, 1.54) is 5.69 Å². The van der Waals surface area contributed by atoms with Gasteiger partial charge in [-0.3, -0.25) is 4.79 Å². The smallest absolute Gasteiger partial charge is 0.337 e. The summed E-state index contributed by atoms with van der Waals surface area (Å²) in [5, 5.41) is 23.7. The molecule has 232 valence electrons. The monoisotopic (exact) mass is 603 g/mol. The third-order valence-corrected chi connectivity index (χ3v) is 8.48. The number of fused-ring (bicyclic) bond motifs is 2. The first-order valence-corrected chi connectivity index (χ1v) is 14.6. The molecule has 6 N–H and O–H groups in total. The third-order valence-electron chi connectivity index (χ3n) is 8.48. The second kappa shape index (κ2) is 13.4. The Morgan fingerprint density at radius 2 is 1.77 bits per heavy atom. The molecule has 0 radical (unpaired) electrons. The topological polar surface area (TPSA) is 157 Å². The van der Waals surface area contributed by atoms with Gasteiger partial charge in [0.15, 0.2) is 17.7 Å². The lowest BCUT2D eigenvalue weighted by Gasteiger charge is -2.35. The number of hydrogen-bond donors (Lipinski definition) is 5. The van der Waals surface area contributed by atoms with Crippen molar-refractivity contribution in [3.05, 3.63) is 83.8 Å². The number of nitrogens with two attached hydrogens (primary N) is 1. The summed E-state index contributed by atoms with van der Waals surface area (Å²) in [5.74, 6) is -1.90. The van der Waals surface area contributed by atoms with Crippen LogP contribution in [0.25, 0.3) is 0 Å². The van der Waals surface area contributed by atoms with Crippen LogP contribution in [0, 0.1) is 30.5 Å². The molecule has 3 aliphatic rings. The molecule has 1 saturated carbocycles. The molecule has 1 saturated heterocycles. The molecule has 0 spiro atoms. The number of aryl methyl sites for hydroxylation is 1. The quantitative estimate of drug-likeness (QED) is 0.242. The summed E-state index contributed by atoms with van der Waals surface area (Å²) in [5.41, 5.74) is 9.24. The number of nitrogens with one attached hydrogen (secondary N) is 2. The number of piperazine rings is 1. The van der Waals surface area contributed by atoms with E-state index in [1.54, 1.807) is 30.3 Å². The van der Waals surface area contributed by atoms with E-state index in [1.807, 2.05) is 12.1 Å². The maximum Gasteiger partial charge on any atom is 0.337 e. The van der Waals surface area contributed by atoms with Gasteiger partial charge in [0.2, 0.25) is 11.9 Å². The minimum Gasteiger partial charge on any atom is -0.479 e. The molecule has 2 aromatic carbocycles. The number of amides is 1. The van der Waals surface area contributed by atoms with Gasteiger partial charge in [-0.1, -0.05) is 42.5 Å². The molecule has 1 unspecified atom stereocenters. The van der Waals surface area contributed by atoms with Crippen LogP contribution in [0.3, 0.4) is 0 Å². The molecule has 2 aliphatic carbocycles. The fourth-order valence-electron chi connectivity index (χ4n) is 6.14. The van der Waals surface area contributed by atoms with Crippen LogP contribution >= 0.6 is 0 Å². The van der Waals surface area contributed by atoms with Crippen LogP contribution in [0.15, 0.2) is 66.9 Å². The highest BCUT2D eigenvalue weighted by atomic mass is 19.1. The molecule has 3 aromatic rings. The second-order valence-electron chi connectivity index (χ2n) is 11.5. The first-order chi connectivity index (χ1) is 21.1. The largest absolute Gasteiger partial charge is 0.479 e. The van der Waals surface area contributed by atoms with Crippen molar-refractivity contribution in [3.8, 4) is 0 Å². The molecule has 2 heterocycles. The summed E-state index contributed by atoms with van der Waals surface area (Å²) in [6, 6.07) is 14.1. The number of allylic oxidation sites excluding steroid dienone is 1. The van der Waals surface area contributed by atoms with Crippen LogP contribution in [-0.2, 0) is 9.59 Å². The number of hydrogen-bond acceptors (Lipinski definition) is 9. The van der Waals surface area contributed by atoms with Gasteiger partial charge in [-0.2, -0.15) is 4.98 Å². The van der Waals surface area contributed by atoms with Gasteiger partial charge in [0.1, 0.15) is 0 Å². The zero-order chi connectivity index (χ0) is 31.4. The van der Waals surface area contributed by atoms with Gasteiger partial charge in [-0.25, -0.2) is 14.2 Å². The van der Waals surface area contributed by atoms with Crippen molar-refractivity contribution in [1.82, 2.24) is 14.9 Å². The molecular weight excluding hydrogens is 565 g/mol. The van der Waals surface area contributed by atoms with Gasteiger partial charge < -0.3 is 36.4 Å². The number of benzene rings is 2. The molecule has 6 rings (SSSR count). The van der Waals surface area contributed by atoms with Crippen molar-refractivity contribution in [2.24, 2.45) is 23.5 Å². The standard InChI is InChI=1S/C24H30FN7O.C8H8O3/c1-14-11-17(5-6-19(14)32-9-7-31(2)8-10-32)28-24-27-13-18(25)23(30-24)29-21-16-4-3-15(12-16)20(21)22(26)33;9-7(8(10)11)6-4-2-1-3-5-6/h3-6,11,13,15-16,20-21H,7-10,12H2,1-2H3,(H2,26,33)(H2,27,28,29,30);1-5,7,9H,(H,10,11)/t15-,16+,20+,21-;/m1./s1. The Morgan fingerprint density at radius 1 is 1.07 bits per heavy atom. The SMILES string of the molecule is Cc1cc(Nc2ncc(F)c(N[C@H]3[C@@H](C(N)=O)[C@@H]4C=C[C@H]3C4)n2)ccc1N1CCN(C)CC1.O=C(O)C(O)c1ccccc1. The number of aromatic nitrogens is 2. The Bertz CT molecular complexity index is 1510. The fourth-order valence-corrected chi connectivity index (χ4v) is 6.14. The highest BCUT2D eigenvalue weighted by Crippen LogP contribution is 2.45. The zero-order valence-electron chi connectivity index (χ0n) is 24.7. The number of aliphatic hydroxyl groups is 1. The molecule has 11 nitrogen and oxygen atoms in total. The first-order valence-electron chi connectivity index (χ1n) is 14.6. The van der Waals surface area contributed by atoms with Gasteiger partial charge in [-0.15, -0.1) is 0 Å². The number of carbonyl (C=O) groups excluding carboxylic acids is 1. The number of primary amides is 1. The van der Waals surface area contributed by atoms with Gasteiger partial charge in [0.05, 0.1) is 12.1 Å². The summed E-state index contributed by atoms with van der Waals surface area (Å²) in [7, 11) is 2.14. The van der Waals surface area contributed by atoms with E-state index >= 15 is 0 Å². The highest BCUT2D eigenvalue weighted by molar-refractivity contribution is 5.80. The third kappa shape index (κ3) is 6.98. The number of nitrogens with zero attached hydrogens (tertiary/aromatic N) is 4. The summed E-state index contributed by atoms with van der Waals surface area (Å²) in [6.07, 6.45) is 4.70. The van der Waals surface area contributed by atoms with Gasteiger partial charge in [-0.05, 0) is 61.6 Å². The van der Waals surface area contributed by atoms with Crippen LogP contribution < -0.4 is 21.3 Å².